The van der Waals surface area contributed by atoms with E-state index in [4.69, 9.17) is 4.74 Å². The largest absolute Gasteiger partial charge is 0.460 e. The van der Waals surface area contributed by atoms with Crippen LogP contribution in [0.1, 0.15) is 12.8 Å². The minimum atomic E-state index is -0.135. The molecule has 14 heavy (non-hydrogen) atoms. The number of hydrogen-bond donors (Lipinski definition) is 0. The third-order valence-corrected chi connectivity index (χ3v) is 2.34. The van der Waals surface area contributed by atoms with Gasteiger partial charge in [-0.2, -0.15) is 0 Å². The highest BCUT2D eigenvalue weighted by Crippen LogP contribution is 2.17. The summed E-state index contributed by atoms with van der Waals surface area (Å²) in [5.74, 6) is -0.135. The van der Waals surface area contributed by atoms with E-state index in [0.29, 0.717) is 6.61 Å². The normalized spacial score (nSPS) is 21.9. The van der Waals surface area contributed by atoms with Crippen LogP contribution in [0.15, 0.2) is 25.3 Å². The first-order chi connectivity index (χ1) is 6.79. The van der Waals surface area contributed by atoms with Crippen molar-refractivity contribution in [3.05, 3.63) is 25.3 Å². The number of carbonyl (C=O) groups is 1. The van der Waals surface area contributed by atoms with Gasteiger partial charge in [-0.15, -0.1) is 6.58 Å². The van der Waals surface area contributed by atoms with Crippen molar-refractivity contribution in [1.82, 2.24) is 4.90 Å². The third-order valence-electron chi connectivity index (χ3n) is 2.34. The molecule has 0 aromatic heterocycles. The van der Waals surface area contributed by atoms with E-state index >= 15 is 0 Å². The summed E-state index contributed by atoms with van der Waals surface area (Å²) in [4.78, 5) is 13.6. The Balaban J connectivity index is 2.44. The van der Waals surface area contributed by atoms with Gasteiger partial charge in [-0.1, -0.05) is 18.7 Å². The van der Waals surface area contributed by atoms with Crippen LogP contribution in [0, 0.1) is 0 Å². The Morgan fingerprint density at radius 2 is 2.29 bits per heavy atom. The minimum Gasteiger partial charge on any atom is -0.460 e. The van der Waals surface area contributed by atoms with Gasteiger partial charge in [0.15, 0.2) is 0 Å². The van der Waals surface area contributed by atoms with Crippen LogP contribution in [0.25, 0.3) is 0 Å². The monoisotopic (exact) mass is 195 g/mol. The molecule has 1 heterocycles. The van der Waals surface area contributed by atoms with Crippen LogP contribution in [0.5, 0.6) is 0 Å². The van der Waals surface area contributed by atoms with Gasteiger partial charge in [0.2, 0.25) is 0 Å². The Labute approximate surface area is 85.0 Å². The van der Waals surface area contributed by atoms with Crippen molar-refractivity contribution in [2.24, 2.45) is 0 Å². The van der Waals surface area contributed by atoms with Gasteiger partial charge in [0.25, 0.3) is 0 Å². The van der Waals surface area contributed by atoms with Crippen LogP contribution in [0.2, 0.25) is 0 Å². The van der Waals surface area contributed by atoms with E-state index in [2.05, 4.69) is 18.1 Å². The molecule has 78 valence electrons. The van der Waals surface area contributed by atoms with Crippen LogP contribution >= 0.6 is 0 Å². The summed E-state index contributed by atoms with van der Waals surface area (Å²) in [5.41, 5.74) is 0. The lowest BCUT2D eigenvalue weighted by Gasteiger charge is -2.20. The Hall–Kier alpha value is -1.09. The number of likely N-dealkylation sites (tertiary alicyclic amines) is 1. The van der Waals surface area contributed by atoms with Gasteiger partial charge in [-0.25, -0.2) is 0 Å². The number of ether oxygens (including phenoxy) is 1. The SMILES string of the molecule is C=CCOC(=O)C1CCCN1CC=C. The summed E-state index contributed by atoms with van der Waals surface area (Å²) < 4.78 is 5.02. The highest BCUT2D eigenvalue weighted by Gasteiger charge is 2.30. The van der Waals surface area contributed by atoms with Gasteiger partial charge in [0, 0.05) is 6.54 Å². The fourth-order valence-corrected chi connectivity index (χ4v) is 1.71. The molecular formula is C11H17NO2. The molecule has 1 unspecified atom stereocenters. The Morgan fingerprint density at radius 1 is 1.50 bits per heavy atom. The summed E-state index contributed by atoms with van der Waals surface area (Å²) in [6, 6.07) is -0.0760. The van der Waals surface area contributed by atoms with Crippen molar-refractivity contribution >= 4 is 5.97 Å². The first-order valence-corrected chi connectivity index (χ1v) is 4.92. The summed E-state index contributed by atoms with van der Waals surface area (Å²) in [5, 5.41) is 0. The molecule has 1 aliphatic rings. The molecule has 1 fully saturated rings. The maximum atomic E-state index is 11.5. The van der Waals surface area contributed by atoms with Gasteiger partial charge >= 0.3 is 5.97 Å². The zero-order chi connectivity index (χ0) is 10.4. The molecule has 0 amide bonds. The van der Waals surface area contributed by atoms with E-state index in [1.807, 2.05) is 6.08 Å². The second kappa shape index (κ2) is 5.60. The van der Waals surface area contributed by atoms with E-state index in [9.17, 15) is 4.79 Å². The molecule has 0 aromatic carbocycles. The van der Waals surface area contributed by atoms with Gasteiger partial charge in [-0.3, -0.25) is 9.69 Å². The molecule has 3 nitrogen and oxygen atoms in total. The van der Waals surface area contributed by atoms with Crippen LogP contribution in [0.4, 0.5) is 0 Å². The average molecular weight is 195 g/mol. The molecule has 1 aliphatic heterocycles. The van der Waals surface area contributed by atoms with E-state index in [0.717, 1.165) is 25.9 Å². The van der Waals surface area contributed by atoms with Gasteiger partial charge < -0.3 is 4.74 Å². The lowest BCUT2D eigenvalue weighted by molar-refractivity contribution is -0.147. The highest BCUT2D eigenvalue weighted by atomic mass is 16.5. The van der Waals surface area contributed by atoms with Crippen LogP contribution in [-0.2, 0) is 9.53 Å². The average Bonchev–Trinajstić information content (AvgIpc) is 2.63. The van der Waals surface area contributed by atoms with Crippen LogP contribution in [0.3, 0.4) is 0 Å². The van der Waals surface area contributed by atoms with Crippen molar-refractivity contribution < 1.29 is 9.53 Å². The first kappa shape index (κ1) is 11.0. The zero-order valence-corrected chi connectivity index (χ0v) is 8.45. The quantitative estimate of drug-likeness (QED) is 0.490. The smallest absolute Gasteiger partial charge is 0.323 e. The highest BCUT2D eigenvalue weighted by molar-refractivity contribution is 5.76. The number of hydrogen-bond acceptors (Lipinski definition) is 3. The Bertz CT molecular complexity index is 225. The predicted molar refractivity (Wildman–Crippen MR) is 55.9 cm³/mol. The summed E-state index contributed by atoms with van der Waals surface area (Å²) in [6.07, 6.45) is 5.36. The van der Waals surface area contributed by atoms with Crippen molar-refractivity contribution in [3.8, 4) is 0 Å². The van der Waals surface area contributed by atoms with Gasteiger partial charge in [0.1, 0.15) is 12.6 Å². The number of esters is 1. The molecule has 0 saturated carbocycles. The van der Waals surface area contributed by atoms with Crippen molar-refractivity contribution in [1.29, 1.82) is 0 Å². The van der Waals surface area contributed by atoms with Gasteiger partial charge in [-0.05, 0) is 19.4 Å². The number of carbonyl (C=O) groups excluding carboxylic acids is 1. The number of nitrogens with zero attached hydrogens (tertiary/aromatic N) is 1. The summed E-state index contributed by atoms with van der Waals surface area (Å²) in [6.45, 7) is 9.20. The van der Waals surface area contributed by atoms with E-state index in [-0.39, 0.29) is 12.0 Å². The molecule has 1 rings (SSSR count). The predicted octanol–water partition coefficient (Wildman–Crippen LogP) is 1.37. The maximum Gasteiger partial charge on any atom is 0.323 e. The van der Waals surface area contributed by atoms with Crippen molar-refractivity contribution in [3.63, 3.8) is 0 Å². The van der Waals surface area contributed by atoms with Crippen molar-refractivity contribution in [2.75, 3.05) is 19.7 Å². The molecule has 0 radical (unpaired) electrons. The molecule has 1 saturated heterocycles. The lowest BCUT2D eigenvalue weighted by Crippen LogP contribution is -2.37. The van der Waals surface area contributed by atoms with Crippen LogP contribution < -0.4 is 0 Å². The maximum absolute atomic E-state index is 11.5. The molecule has 0 aliphatic carbocycles. The fraction of sp³-hybridized carbons (Fsp3) is 0.545. The standard InChI is InChI=1S/C11H17NO2/c1-3-7-12-8-5-6-10(12)11(13)14-9-4-2/h3-4,10H,1-2,5-9H2. The second-order valence-corrected chi connectivity index (χ2v) is 3.36. The fourth-order valence-electron chi connectivity index (χ4n) is 1.71. The van der Waals surface area contributed by atoms with E-state index in [1.54, 1.807) is 6.08 Å². The summed E-state index contributed by atoms with van der Waals surface area (Å²) in [7, 11) is 0. The second-order valence-electron chi connectivity index (χ2n) is 3.36. The molecular weight excluding hydrogens is 178 g/mol. The lowest BCUT2D eigenvalue weighted by atomic mass is 10.2. The van der Waals surface area contributed by atoms with Gasteiger partial charge in [0.05, 0.1) is 0 Å². The topological polar surface area (TPSA) is 29.5 Å². The molecule has 0 spiro atoms. The minimum absolute atomic E-state index is 0.0760. The van der Waals surface area contributed by atoms with E-state index < -0.39 is 0 Å². The summed E-state index contributed by atoms with van der Waals surface area (Å²) >= 11 is 0. The number of rotatable bonds is 5. The van der Waals surface area contributed by atoms with E-state index in [1.165, 1.54) is 0 Å². The molecule has 3 heteroatoms. The Kier molecular flexibility index (Phi) is 4.40. The molecule has 0 bridgehead atoms. The van der Waals surface area contributed by atoms with Crippen molar-refractivity contribution in [2.45, 2.75) is 18.9 Å². The first-order valence-electron chi connectivity index (χ1n) is 4.92. The third kappa shape index (κ3) is 2.70. The Morgan fingerprint density at radius 3 is 2.93 bits per heavy atom. The molecule has 0 N–H and O–H groups in total. The molecule has 1 atom stereocenters. The molecule has 0 aromatic rings. The zero-order valence-electron chi connectivity index (χ0n) is 8.45. The van der Waals surface area contributed by atoms with Crippen LogP contribution in [-0.4, -0.2) is 36.6 Å².